The van der Waals surface area contributed by atoms with Gasteiger partial charge in [0.25, 0.3) is 0 Å². The summed E-state index contributed by atoms with van der Waals surface area (Å²) < 4.78 is 6.98. The summed E-state index contributed by atoms with van der Waals surface area (Å²) in [5.41, 5.74) is 2.37. The first-order chi connectivity index (χ1) is 14.1. The molecule has 0 spiro atoms. The van der Waals surface area contributed by atoms with E-state index in [1.807, 2.05) is 18.3 Å². The fourth-order valence-corrected chi connectivity index (χ4v) is 4.15. The molecule has 0 N–H and O–H groups in total. The average Bonchev–Trinajstić information content (AvgIpc) is 3.23. The number of rotatable bonds is 5. The van der Waals surface area contributed by atoms with Gasteiger partial charge in [-0.25, -0.2) is 14.8 Å². The third-order valence-electron chi connectivity index (χ3n) is 5.89. The van der Waals surface area contributed by atoms with E-state index in [0.29, 0.717) is 5.69 Å². The molecule has 1 aliphatic heterocycles. The van der Waals surface area contributed by atoms with Crippen molar-refractivity contribution in [2.45, 2.75) is 24.8 Å². The summed E-state index contributed by atoms with van der Waals surface area (Å²) in [6.45, 7) is 2.95. The minimum Gasteiger partial charge on any atom is -0.464 e. The number of benzene rings is 1. The second-order valence-electron chi connectivity index (χ2n) is 7.73. The highest BCUT2D eigenvalue weighted by atomic mass is 16.5. The Morgan fingerprint density at radius 3 is 2.59 bits per heavy atom. The van der Waals surface area contributed by atoms with Crippen molar-refractivity contribution in [3.05, 3.63) is 72.2 Å². The van der Waals surface area contributed by atoms with Crippen LogP contribution in [-0.2, 0) is 16.7 Å². The number of imidazole rings is 1. The summed E-state index contributed by atoms with van der Waals surface area (Å²) in [4.78, 5) is 23.3. The number of likely N-dealkylation sites (tertiary alicyclic amines) is 1. The molecule has 0 amide bonds. The monoisotopic (exact) mass is 390 g/mol. The van der Waals surface area contributed by atoms with E-state index >= 15 is 0 Å². The molecule has 3 heterocycles. The molecule has 4 rings (SSSR count). The van der Waals surface area contributed by atoms with Gasteiger partial charge in [0.1, 0.15) is 11.4 Å². The molecule has 6 nitrogen and oxygen atoms in total. The number of carbonyl (C=O) groups excluding carboxylic acids is 1. The van der Waals surface area contributed by atoms with Crippen LogP contribution < -0.4 is 0 Å². The summed E-state index contributed by atoms with van der Waals surface area (Å²) in [6, 6.07) is 16.1. The quantitative estimate of drug-likeness (QED) is 0.625. The van der Waals surface area contributed by atoms with Crippen molar-refractivity contribution < 1.29 is 9.53 Å². The highest BCUT2D eigenvalue weighted by Crippen LogP contribution is 2.37. The van der Waals surface area contributed by atoms with Gasteiger partial charge >= 0.3 is 5.97 Å². The highest BCUT2D eigenvalue weighted by molar-refractivity contribution is 5.87. The van der Waals surface area contributed by atoms with E-state index < -0.39 is 5.97 Å². The van der Waals surface area contributed by atoms with E-state index in [2.05, 4.69) is 56.8 Å². The van der Waals surface area contributed by atoms with Crippen LogP contribution in [0.3, 0.4) is 0 Å². The summed E-state index contributed by atoms with van der Waals surface area (Å²) in [7, 11) is 3.54. The lowest BCUT2D eigenvalue weighted by Crippen LogP contribution is -2.43. The van der Waals surface area contributed by atoms with E-state index in [9.17, 15) is 4.79 Å². The molecule has 3 aromatic rings. The van der Waals surface area contributed by atoms with Gasteiger partial charge in [0.15, 0.2) is 5.82 Å². The Labute approximate surface area is 171 Å². The Morgan fingerprint density at radius 1 is 1.10 bits per heavy atom. The van der Waals surface area contributed by atoms with Gasteiger partial charge in [-0.1, -0.05) is 36.4 Å². The van der Waals surface area contributed by atoms with Crippen LogP contribution >= 0.6 is 0 Å². The number of nitrogens with zero attached hydrogens (tertiary/aromatic N) is 4. The van der Waals surface area contributed by atoms with Crippen molar-refractivity contribution in [3.63, 3.8) is 0 Å². The van der Waals surface area contributed by atoms with Crippen LogP contribution in [-0.4, -0.2) is 52.7 Å². The Morgan fingerprint density at radius 2 is 1.86 bits per heavy atom. The second-order valence-corrected chi connectivity index (χ2v) is 7.73. The van der Waals surface area contributed by atoms with Crippen molar-refractivity contribution in [2.24, 2.45) is 0 Å². The summed E-state index contributed by atoms with van der Waals surface area (Å²) in [5.74, 6) is 0.325. The van der Waals surface area contributed by atoms with Crippen LogP contribution in [0.25, 0.3) is 11.5 Å². The summed E-state index contributed by atoms with van der Waals surface area (Å²) in [5, 5.41) is 0. The molecule has 1 saturated heterocycles. The zero-order chi connectivity index (χ0) is 20.3. The maximum atomic E-state index is 11.9. The van der Waals surface area contributed by atoms with Gasteiger partial charge in [0.2, 0.25) is 0 Å². The van der Waals surface area contributed by atoms with Gasteiger partial charge in [-0.3, -0.25) is 0 Å². The zero-order valence-corrected chi connectivity index (χ0v) is 16.9. The maximum Gasteiger partial charge on any atom is 0.356 e. The molecule has 29 heavy (non-hydrogen) atoms. The number of ether oxygens (including phenoxy) is 1. The minimum absolute atomic E-state index is 0.0448. The number of esters is 1. The predicted octanol–water partition coefficient (Wildman–Crippen LogP) is 3.40. The van der Waals surface area contributed by atoms with Crippen LogP contribution in [0.15, 0.2) is 60.9 Å². The van der Waals surface area contributed by atoms with Gasteiger partial charge in [0.05, 0.1) is 7.11 Å². The SMILES string of the molecule is COC(=O)c1cccc(-c2nccn2CC2(c3ccccc3)CCN(C)CC2)n1. The third-order valence-corrected chi connectivity index (χ3v) is 5.89. The number of aromatic nitrogens is 3. The van der Waals surface area contributed by atoms with E-state index in [1.165, 1.54) is 12.7 Å². The van der Waals surface area contributed by atoms with Gasteiger partial charge in [-0.05, 0) is 50.7 Å². The van der Waals surface area contributed by atoms with Crippen LogP contribution in [0.1, 0.15) is 28.9 Å². The Bertz CT molecular complexity index is 975. The molecule has 2 aromatic heterocycles. The lowest BCUT2D eigenvalue weighted by molar-refractivity contribution is 0.0594. The summed E-state index contributed by atoms with van der Waals surface area (Å²) in [6.07, 6.45) is 5.97. The predicted molar refractivity (Wildman–Crippen MR) is 112 cm³/mol. The Kier molecular flexibility index (Phi) is 5.45. The molecule has 150 valence electrons. The fourth-order valence-electron chi connectivity index (χ4n) is 4.15. The number of methoxy groups -OCH3 is 1. The van der Waals surface area contributed by atoms with Crippen LogP contribution in [0.5, 0.6) is 0 Å². The maximum absolute atomic E-state index is 11.9. The zero-order valence-electron chi connectivity index (χ0n) is 16.9. The molecular formula is C23H26N4O2. The van der Waals surface area contributed by atoms with Gasteiger partial charge < -0.3 is 14.2 Å². The topological polar surface area (TPSA) is 60.2 Å². The lowest BCUT2D eigenvalue weighted by Gasteiger charge is -2.41. The smallest absolute Gasteiger partial charge is 0.356 e. The van der Waals surface area contributed by atoms with Crippen molar-refractivity contribution in [1.82, 2.24) is 19.4 Å². The first-order valence-electron chi connectivity index (χ1n) is 9.92. The van der Waals surface area contributed by atoms with Crippen molar-refractivity contribution in [3.8, 4) is 11.5 Å². The minimum atomic E-state index is -0.443. The van der Waals surface area contributed by atoms with Gasteiger partial charge in [-0.15, -0.1) is 0 Å². The molecule has 0 aliphatic carbocycles. The number of piperidine rings is 1. The van der Waals surface area contributed by atoms with E-state index in [4.69, 9.17) is 4.74 Å². The lowest BCUT2D eigenvalue weighted by atomic mass is 9.72. The highest BCUT2D eigenvalue weighted by Gasteiger charge is 2.36. The molecule has 6 heteroatoms. The summed E-state index contributed by atoms with van der Waals surface area (Å²) >= 11 is 0. The van der Waals surface area contributed by atoms with Crippen molar-refractivity contribution in [2.75, 3.05) is 27.2 Å². The molecule has 1 fully saturated rings. The first-order valence-corrected chi connectivity index (χ1v) is 9.92. The number of pyridine rings is 1. The Hall–Kier alpha value is -2.99. The molecule has 0 atom stereocenters. The average molecular weight is 390 g/mol. The first kappa shape index (κ1) is 19.3. The largest absolute Gasteiger partial charge is 0.464 e. The van der Waals surface area contributed by atoms with E-state index in [0.717, 1.165) is 38.3 Å². The molecule has 1 aliphatic rings. The normalized spacial score (nSPS) is 16.5. The van der Waals surface area contributed by atoms with Crippen molar-refractivity contribution in [1.29, 1.82) is 0 Å². The Balaban J connectivity index is 1.69. The van der Waals surface area contributed by atoms with Crippen LogP contribution in [0, 0.1) is 0 Å². The molecule has 0 bridgehead atoms. The fraction of sp³-hybridized carbons (Fsp3) is 0.348. The third kappa shape index (κ3) is 3.93. The number of hydrogen-bond acceptors (Lipinski definition) is 5. The van der Waals surface area contributed by atoms with E-state index in [-0.39, 0.29) is 11.1 Å². The number of hydrogen-bond donors (Lipinski definition) is 0. The van der Waals surface area contributed by atoms with E-state index in [1.54, 1.807) is 12.3 Å². The van der Waals surface area contributed by atoms with Crippen LogP contribution in [0.4, 0.5) is 0 Å². The van der Waals surface area contributed by atoms with Crippen LogP contribution in [0.2, 0.25) is 0 Å². The van der Waals surface area contributed by atoms with Gasteiger partial charge in [0, 0.05) is 24.4 Å². The molecule has 0 radical (unpaired) electrons. The molecule has 0 unspecified atom stereocenters. The number of carbonyl (C=O) groups is 1. The molecular weight excluding hydrogens is 364 g/mol. The second kappa shape index (κ2) is 8.17. The molecule has 1 aromatic carbocycles. The van der Waals surface area contributed by atoms with Gasteiger partial charge in [-0.2, -0.15) is 0 Å². The standard InChI is InChI=1S/C23H26N4O2/c1-26-14-11-23(12-15-26,18-7-4-3-5-8-18)17-27-16-13-24-21(27)19-9-6-10-20(25-19)22(28)29-2/h3-10,13,16H,11-12,14-15,17H2,1-2H3. The molecule has 0 saturated carbocycles. The van der Waals surface area contributed by atoms with Crippen molar-refractivity contribution >= 4 is 5.97 Å².